The number of piperidine rings is 1. The van der Waals surface area contributed by atoms with Gasteiger partial charge in [-0.3, -0.25) is 0 Å². The number of anilines is 1. The summed E-state index contributed by atoms with van der Waals surface area (Å²) in [7, 11) is -7.52. The first-order valence-electron chi connectivity index (χ1n) is 10.8. The number of benzene rings is 1. The van der Waals surface area contributed by atoms with Gasteiger partial charge < -0.3 is 4.74 Å². The SMILES string of the molecule is CC(C)CN(c1ccc(F)cn1)S(=O)(=O)c1ccc(OC2CCN(S(=O)(=O)CC#N)CC2)cc1. The summed E-state index contributed by atoms with van der Waals surface area (Å²) in [4.78, 5) is 3.98. The van der Waals surface area contributed by atoms with E-state index in [2.05, 4.69) is 4.98 Å². The van der Waals surface area contributed by atoms with Crippen LogP contribution in [0.15, 0.2) is 47.5 Å². The number of hydrogen-bond donors (Lipinski definition) is 0. The second-order valence-corrected chi connectivity index (χ2v) is 12.2. The van der Waals surface area contributed by atoms with E-state index in [0.717, 1.165) is 10.5 Å². The van der Waals surface area contributed by atoms with Crippen molar-refractivity contribution in [2.45, 2.75) is 37.7 Å². The molecule has 0 saturated carbocycles. The molecule has 1 aliphatic rings. The van der Waals surface area contributed by atoms with E-state index in [1.165, 1.54) is 28.6 Å². The number of hydrogen-bond acceptors (Lipinski definition) is 7. The number of pyridine rings is 1. The van der Waals surface area contributed by atoms with Crippen LogP contribution in [0.5, 0.6) is 5.75 Å². The van der Waals surface area contributed by atoms with Crippen LogP contribution < -0.4 is 9.04 Å². The maximum Gasteiger partial charge on any atom is 0.265 e. The van der Waals surface area contributed by atoms with Crippen molar-refractivity contribution in [2.75, 3.05) is 29.7 Å². The molecule has 12 heteroatoms. The van der Waals surface area contributed by atoms with Crippen molar-refractivity contribution in [2.24, 2.45) is 5.92 Å². The Hall–Kier alpha value is -2.75. The Labute approximate surface area is 199 Å². The summed E-state index contributed by atoms with van der Waals surface area (Å²) >= 11 is 0. The van der Waals surface area contributed by atoms with Crippen LogP contribution in [0, 0.1) is 23.1 Å². The van der Waals surface area contributed by atoms with E-state index >= 15 is 0 Å². The number of rotatable bonds is 9. The second kappa shape index (κ2) is 10.7. The van der Waals surface area contributed by atoms with Crippen molar-refractivity contribution in [1.82, 2.24) is 9.29 Å². The summed E-state index contributed by atoms with van der Waals surface area (Å²) in [5.74, 6) is -0.496. The van der Waals surface area contributed by atoms with E-state index in [0.29, 0.717) is 18.6 Å². The average Bonchev–Trinajstić information content (AvgIpc) is 2.79. The molecule has 1 saturated heterocycles. The monoisotopic (exact) mass is 510 g/mol. The minimum Gasteiger partial charge on any atom is -0.490 e. The van der Waals surface area contributed by atoms with Gasteiger partial charge in [0.05, 0.1) is 17.2 Å². The summed E-state index contributed by atoms with van der Waals surface area (Å²) < 4.78 is 72.3. The van der Waals surface area contributed by atoms with Crippen molar-refractivity contribution in [3.8, 4) is 11.8 Å². The Morgan fingerprint density at radius 3 is 2.32 bits per heavy atom. The lowest BCUT2D eigenvalue weighted by atomic mass is 10.1. The molecule has 0 radical (unpaired) electrons. The Morgan fingerprint density at radius 2 is 1.79 bits per heavy atom. The fourth-order valence-electron chi connectivity index (χ4n) is 3.57. The summed E-state index contributed by atoms with van der Waals surface area (Å²) in [6.07, 6.45) is 1.68. The van der Waals surface area contributed by atoms with Gasteiger partial charge >= 0.3 is 0 Å². The van der Waals surface area contributed by atoms with Gasteiger partial charge in [0, 0.05) is 19.6 Å². The Morgan fingerprint density at radius 1 is 1.15 bits per heavy atom. The van der Waals surface area contributed by atoms with Crippen LogP contribution in [0.2, 0.25) is 0 Å². The maximum absolute atomic E-state index is 13.3. The first-order chi connectivity index (χ1) is 16.0. The average molecular weight is 511 g/mol. The second-order valence-electron chi connectivity index (χ2n) is 8.37. The molecule has 0 N–H and O–H groups in total. The molecule has 1 aromatic heterocycles. The minimum absolute atomic E-state index is 0.00655. The molecule has 3 rings (SSSR count). The lowest BCUT2D eigenvalue weighted by Gasteiger charge is -2.31. The van der Waals surface area contributed by atoms with Crippen LogP contribution in [0.3, 0.4) is 0 Å². The van der Waals surface area contributed by atoms with Crippen LogP contribution in [-0.2, 0) is 20.0 Å². The molecule has 1 fully saturated rings. The van der Waals surface area contributed by atoms with Crippen molar-refractivity contribution < 1.29 is 26.0 Å². The van der Waals surface area contributed by atoms with E-state index in [1.807, 2.05) is 13.8 Å². The van der Waals surface area contributed by atoms with Gasteiger partial charge in [0.15, 0.2) is 5.75 Å². The standard InChI is InChI=1S/C22H27FN4O5S2/c1-17(2)16-27(22-8-3-18(23)15-25-22)34(30,31)21-6-4-19(5-7-21)32-20-9-12-26(13-10-20)33(28,29)14-11-24/h3-8,15,17,20H,9-10,12-14,16H2,1-2H3. The van der Waals surface area contributed by atoms with Gasteiger partial charge in [0.25, 0.3) is 10.0 Å². The van der Waals surface area contributed by atoms with Gasteiger partial charge in [-0.05, 0) is 55.2 Å². The number of halogens is 1. The molecular weight excluding hydrogens is 483 g/mol. The number of nitriles is 1. The summed E-state index contributed by atoms with van der Waals surface area (Å²) in [6.45, 7) is 4.44. The third-order valence-electron chi connectivity index (χ3n) is 5.25. The zero-order chi connectivity index (χ0) is 24.9. The molecule has 2 aromatic rings. The van der Waals surface area contributed by atoms with Crippen LogP contribution in [0.25, 0.3) is 0 Å². The van der Waals surface area contributed by atoms with E-state index in [9.17, 15) is 21.2 Å². The van der Waals surface area contributed by atoms with Crippen LogP contribution in [0.4, 0.5) is 10.2 Å². The molecule has 0 unspecified atom stereocenters. The van der Waals surface area contributed by atoms with E-state index in [4.69, 9.17) is 10.00 Å². The van der Waals surface area contributed by atoms with Crippen molar-refractivity contribution >= 4 is 25.9 Å². The van der Waals surface area contributed by atoms with E-state index in [-0.39, 0.29) is 42.4 Å². The molecule has 34 heavy (non-hydrogen) atoms. The highest BCUT2D eigenvalue weighted by Crippen LogP contribution is 2.26. The molecule has 9 nitrogen and oxygen atoms in total. The van der Waals surface area contributed by atoms with E-state index in [1.54, 1.807) is 18.2 Å². The molecule has 0 aliphatic carbocycles. The Kier molecular flexibility index (Phi) is 8.12. The molecule has 2 heterocycles. The zero-order valence-corrected chi connectivity index (χ0v) is 20.6. The molecule has 0 atom stereocenters. The lowest BCUT2D eigenvalue weighted by Crippen LogP contribution is -2.42. The Balaban J connectivity index is 1.70. The fourth-order valence-corrected chi connectivity index (χ4v) is 6.27. The first-order valence-corrected chi connectivity index (χ1v) is 13.8. The molecule has 0 spiro atoms. The third kappa shape index (κ3) is 6.22. The molecule has 0 amide bonds. The van der Waals surface area contributed by atoms with E-state index < -0.39 is 31.6 Å². The van der Waals surface area contributed by atoms with Crippen LogP contribution in [-0.4, -0.2) is 57.6 Å². The normalized spacial score (nSPS) is 15.7. The summed E-state index contributed by atoms with van der Waals surface area (Å²) in [5, 5.41) is 8.67. The van der Waals surface area contributed by atoms with Crippen molar-refractivity contribution in [1.29, 1.82) is 5.26 Å². The van der Waals surface area contributed by atoms with Gasteiger partial charge in [-0.2, -0.15) is 5.26 Å². The van der Waals surface area contributed by atoms with Gasteiger partial charge in [-0.15, -0.1) is 0 Å². The van der Waals surface area contributed by atoms with Gasteiger partial charge in [-0.1, -0.05) is 13.8 Å². The summed E-state index contributed by atoms with van der Waals surface area (Å²) in [6, 6.07) is 10.1. The number of ether oxygens (including phenoxy) is 1. The number of sulfonamides is 2. The topological polar surface area (TPSA) is 121 Å². The number of nitrogens with zero attached hydrogens (tertiary/aromatic N) is 4. The molecule has 1 aromatic carbocycles. The maximum atomic E-state index is 13.3. The first kappa shape index (κ1) is 25.9. The quantitative estimate of drug-likeness (QED) is 0.509. The minimum atomic E-state index is -3.95. The zero-order valence-electron chi connectivity index (χ0n) is 19.0. The summed E-state index contributed by atoms with van der Waals surface area (Å²) in [5.41, 5.74) is 0. The van der Waals surface area contributed by atoms with Crippen LogP contribution in [0.1, 0.15) is 26.7 Å². The lowest BCUT2D eigenvalue weighted by molar-refractivity contribution is 0.135. The third-order valence-corrected chi connectivity index (χ3v) is 8.68. The predicted octanol–water partition coefficient (Wildman–Crippen LogP) is 2.77. The van der Waals surface area contributed by atoms with Gasteiger partial charge in [0.1, 0.15) is 23.5 Å². The van der Waals surface area contributed by atoms with Gasteiger partial charge in [0.2, 0.25) is 10.0 Å². The highest BCUT2D eigenvalue weighted by molar-refractivity contribution is 7.92. The fraction of sp³-hybridized carbons (Fsp3) is 0.455. The van der Waals surface area contributed by atoms with Crippen molar-refractivity contribution in [3.63, 3.8) is 0 Å². The van der Waals surface area contributed by atoms with Crippen molar-refractivity contribution in [3.05, 3.63) is 48.4 Å². The Bertz CT molecular complexity index is 1220. The highest BCUT2D eigenvalue weighted by Gasteiger charge is 2.29. The van der Waals surface area contributed by atoms with Gasteiger partial charge in [-0.25, -0.2) is 34.8 Å². The smallest absolute Gasteiger partial charge is 0.265 e. The highest BCUT2D eigenvalue weighted by atomic mass is 32.2. The number of aromatic nitrogens is 1. The molecule has 184 valence electrons. The predicted molar refractivity (Wildman–Crippen MR) is 125 cm³/mol. The molecular formula is C22H27FN4O5S2. The molecule has 1 aliphatic heterocycles. The molecule has 0 bridgehead atoms. The largest absolute Gasteiger partial charge is 0.490 e. The van der Waals surface area contributed by atoms with Crippen LogP contribution >= 0.6 is 0 Å².